The van der Waals surface area contributed by atoms with Crippen LogP contribution in [0.2, 0.25) is 0 Å². The van der Waals surface area contributed by atoms with Gasteiger partial charge in [-0.2, -0.15) is 0 Å². The van der Waals surface area contributed by atoms with Crippen LogP contribution in [0.5, 0.6) is 0 Å². The lowest BCUT2D eigenvalue weighted by Crippen LogP contribution is -2.21. The van der Waals surface area contributed by atoms with Gasteiger partial charge in [-0.15, -0.1) is 23.2 Å². The molecule has 1 heterocycles. The standard InChI is InChI=1S/C12H15Cl2P/c1-12(14)7-8-15(11(12)13)9-10-5-3-2-4-6-10/h2-6,11H,7-9H2,1H3. The fourth-order valence-electron chi connectivity index (χ4n) is 1.95. The van der Waals surface area contributed by atoms with Crippen LogP contribution in [0.4, 0.5) is 0 Å². The monoisotopic (exact) mass is 260 g/mol. The second kappa shape index (κ2) is 4.62. The lowest BCUT2D eigenvalue weighted by atomic mass is 10.1. The summed E-state index contributed by atoms with van der Waals surface area (Å²) in [5.41, 5.74) is 1.39. The van der Waals surface area contributed by atoms with Gasteiger partial charge < -0.3 is 0 Å². The van der Waals surface area contributed by atoms with Gasteiger partial charge in [0.25, 0.3) is 0 Å². The van der Waals surface area contributed by atoms with Crippen LogP contribution >= 0.6 is 31.1 Å². The van der Waals surface area contributed by atoms with Crippen LogP contribution in [-0.2, 0) is 6.16 Å². The van der Waals surface area contributed by atoms with E-state index in [0.717, 1.165) is 12.6 Å². The topological polar surface area (TPSA) is 0 Å². The molecule has 1 saturated heterocycles. The minimum Gasteiger partial charge on any atom is -0.118 e. The van der Waals surface area contributed by atoms with Gasteiger partial charge in [-0.05, 0) is 31.2 Å². The maximum Gasteiger partial charge on any atom is 0.0724 e. The molecule has 3 heteroatoms. The molecule has 0 N–H and O–H groups in total. The normalized spacial score (nSPS) is 35.7. The molecule has 1 aliphatic heterocycles. The molecule has 0 bridgehead atoms. The van der Waals surface area contributed by atoms with Crippen molar-refractivity contribution >= 4 is 31.1 Å². The molecule has 3 atom stereocenters. The van der Waals surface area contributed by atoms with E-state index in [0.29, 0.717) is 0 Å². The number of halogens is 2. The van der Waals surface area contributed by atoms with Crippen LogP contribution in [0.25, 0.3) is 0 Å². The molecule has 0 nitrogen and oxygen atoms in total. The minimum atomic E-state index is -0.179. The maximum absolute atomic E-state index is 6.42. The first kappa shape index (κ1) is 11.7. The second-order valence-electron chi connectivity index (χ2n) is 4.32. The Labute approximate surface area is 103 Å². The molecule has 1 aromatic carbocycles. The molecule has 82 valence electrons. The van der Waals surface area contributed by atoms with Gasteiger partial charge in [-0.1, -0.05) is 38.3 Å². The zero-order valence-electron chi connectivity index (χ0n) is 8.79. The number of hydrogen-bond donors (Lipinski definition) is 0. The molecule has 0 radical (unpaired) electrons. The lowest BCUT2D eigenvalue weighted by Gasteiger charge is -2.22. The van der Waals surface area contributed by atoms with E-state index in [2.05, 4.69) is 37.3 Å². The molecular formula is C12H15Cl2P. The van der Waals surface area contributed by atoms with E-state index in [1.165, 1.54) is 11.7 Å². The Morgan fingerprint density at radius 3 is 2.60 bits per heavy atom. The molecule has 1 aliphatic rings. The van der Waals surface area contributed by atoms with E-state index in [1.807, 2.05) is 0 Å². The highest BCUT2D eigenvalue weighted by atomic mass is 35.5. The summed E-state index contributed by atoms with van der Waals surface area (Å²) in [6.07, 6.45) is 3.38. The van der Waals surface area contributed by atoms with Crippen LogP contribution in [0.3, 0.4) is 0 Å². The minimum absolute atomic E-state index is 0.137. The summed E-state index contributed by atoms with van der Waals surface area (Å²) >= 11 is 12.8. The van der Waals surface area contributed by atoms with Crippen LogP contribution in [0.1, 0.15) is 18.9 Å². The van der Waals surface area contributed by atoms with E-state index in [1.54, 1.807) is 0 Å². The van der Waals surface area contributed by atoms with E-state index < -0.39 is 0 Å². The Kier molecular flexibility index (Phi) is 3.60. The van der Waals surface area contributed by atoms with Crippen molar-refractivity contribution in [3.05, 3.63) is 35.9 Å². The van der Waals surface area contributed by atoms with E-state index in [-0.39, 0.29) is 17.9 Å². The Balaban J connectivity index is 2.03. The summed E-state index contributed by atoms with van der Waals surface area (Å²) in [5.74, 6) is 0. The van der Waals surface area contributed by atoms with Crippen molar-refractivity contribution in [2.45, 2.75) is 29.5 Å². The van der Waals surface area contributed by atoms with Crippen molar-refractivity contribution in [1.82, 2.24) is 0 Å². The zero-order chi connectivity index (χ0) is 10.9. The van der Waals surface area contributed by atoms with Crippen molar-refractivity contribution in [2.75, 3.05) is 6.16 Å². The fourth-order valence-corrected chi connectivity index (χ4v) is 6.07. The van der Waals surface area contributed by atoms with Crippen molar-refractivity contribution < 1.29 is 0 Å². The molecule has 2 rings (SSSR count). The Morgan fingerprint density at radius 1 is 1.40 bits per heavy atom. The molecule has 1 aromatic rings. The van der Waals surface area contributed by atoms with Gasteiger partial charge >= 0.3 is 0 Å². The van der Waals surface area contributed by atoms with Crippen molar-refractivity contribution in [1.29, 1.82) is 0 Å². The highest BCUT2D eigenvalue weighted by Crippen LogP contribution is 2.60. The van der Waals surface area contributed by atoms with E-state index in [9.17, 15) is 0 Å². The van der Waals surface area contributed by atoms with E-state index >= 15 is 0 Å². The van der Waals surface area contributed by atoms with Crippen molar-refractivity contribution in [3.63, 3.8) is 0 Å². The Hall–Kier alpha value is 0.230. The summed E-state index contributed by atoms with van der Waals surface area (Å²) in [7, 11) is -0.137. The van der Waals surface area contributed by atoms with Gasteiger partial charge in [0.2, 0.25) is 0 Å². The molecule has 0 spiro atoms. The third-order valence-electron chi connectivity index (χ3n) is 2.93. The molecule has 3 unspecified atom stereocenters. The van der Waals surface area contributed by atoms with Crippen molar-refractivity contribution in [2.24, 2.45) is 0 Å². The average Bonchev–Trinajstić information content (AvgIpc) is 2.47. The highest BCUT2D eigenvalue weighted by molar-refractivity contribution is 7.60. The molecule has 0 aromatic heterocycles. The van der Waals surface area contributed by atoms with Crippen molar-refractivity contribution in [3.8, 4) is 0 Å². The Morgan fingerprint density at radius 2 is 2.07 bits per heavy atom. The number of hydrogen-bond acceptors (Lipinski definition) is 0. The molecule has 0 saturated carbocycles. The fraction of sp³-hybridized carbons (Fsp3) is 0.500. The molecule has 0 aliphatic carbocycles. The SMILES string of the molecule is CC1(Cl)CCP(Cc2ccccc2)C1Cl. The Bertz CT molecular complexity index is 324. The molecular weight excluding hydrogens is 246 g/mol. The average molecular weight is 261 g/mol. The van der Waals surface area contributed by atoms with Gasteiger partial charge in [0.15, 0.2) is 0 Å². The number of rotatable bonds is 2. The number of alkyl halides is 2. The van der Waals surface area contributed by atoms with Gasteiger partial charge in [0.1, 0.15) is 0 Å². The zero-order valence-corrected chi connectivity index (χ0v) is 11.2. The van der Waals surface area contributed by atoms with Crippen LogP contribution < -0.4 is 0 Å². The smallest absolute Gasteiger partial charge is 0.0724 e. The van der Waals surface area contributed by atoms with Gasteiger partial charge in [-0.3, -0.25) is 0 Å². The van der Waals surface area contributed by atoms with Gasteiger partial charge in [0, 0.05) is 0 Å². The predicted molar refractivity (Wildman–Crippen MR) is 70.4 cm³/mol. The summed E-state index contributed by atoms with van der Waals surface area (Å²) in [5, 5.41) is 0.161. The summed E-state index contributed by atoms with van der Waals surface area (Å²) in [4.78, 5) is -0.179. The first-order valence-electron chi connectivity index (χ1n) is 5.20. The van der Waals surface area contributed by atoms with Crippen LogP contribution in [0, 0.1) is 0 Å². The summed E-state index contributed by atoms with van der Waals surface area (Å²) in [6, 6.07) is 10.6. The molecule has 0 amide bonds. The number of benzene rings is 1. The summed E-state index contributed by atoms with van der Waals surface area (Å²) < 4.78 is 0. The highest BCUT2D eigenvalue weighted by Gasteiger charge is 2.42. The van der Waals surface area contributed by atoms with Crippen LogP contribution in [0.15, 0.2) is 30.3 Å². The molecule has 15 heavy (non-hydrogen) atoms. The third-order valence-corrected chi connectivity index (χ3v) is 7.69. The first-order chi connectivity index (χ1) is 7.09. The predicted octanol–water partition coefficient (Wildman–Crippen LogP) is 4.63. The first-order valence-corrected chi connectivity index (χ1v) is 7.80. The summed E-state index contributed by atoms with van der Waals surface area (Å²) in [6.45, 7) is 2.07. The maximum atomic E-state index is 6.42. The largest absolute Gasteiger partial charge is 0.118 e. The van der Waals surface area contributed by atoms with Gasteiger partial charge in [-0.25, -0.2) is 0 Å². The van der Waals surface area contributed by atoms with E-state index in [4.69, 9.17) is 23.2 Å². The lowest BCUT2D eigenvalue weighted by molar-refractivity contribution is 0.689. The van der Waals surface area contributed by atoms with Crippen LogP contribution in [-0.4, -0.2) is 16.2 Å². The quantitative estimate of drug-likeness (QED) is 0.537. The second-order valence-corrected chi connectivity index (χ2v) is 8.38. The third kappa shape index (κ3) is 2.67. The molecule has 1 fully saturated rings. The van der Waals surface area contributed by atoms with Gasteiger partial charge in [0.05, 0.1) is 9.99 Å².